The van der Waals surface area contributed by atoms with Crippen LogP contribution in [0.2, 0.25) is 0 Å². The number of rotatable bonds is 6. The molecule has 0 aromatic heterocycles. The number of sulfonamides is 1. The van der Waals surface area contributed by atoms with Crippen molar-refractivity contribution in [1.82, 2.24) is 0 Å². The number of carbonyl (C=O) groups is 2. The number of hydrogen-bond donors (Lipinski definition) is 2. The maximum absolute atomic E-state index is 12.8. The van der Waals surface area contributed by atoms with Gasteiger partial charge in [-0.1, -0.05) is 18.2 Å². The second-order valence-electron chi connectivity index (χ2n) is 5.62. The molecule has 0 saturated heterocycles. The maximum Gasteiger partial charge on any atom is 0.311 e. The van der Waals surface area contributed by atoms with Gasteiger partial charge < -0.3 is 14.6 Å². The number of carboxylic acid groups (broad SMARTS) is 1. The van der Waals surface area contributed by atoms with Gasteiger partial charge in [0.05, 0.1) is 10.6 Å². The highest BCUT2D eigenvalue weighted by atomic mass is 32.2. The average molecular weight is 377 g/mol. The summed E-state index contributed by atoms with van der Waals surface area (Å²) in [6, 6.07) is 8.60. The number of hydrogen-bond acceptors (Lipinski definition) is 6. The van der Waals surface area contributed by atoms with Gasteiger partial charge in [0.2, 0.25) is 6.79 Å². The van der Waals surface area contributed by atoms with Crippen molar-refractivity contribution in [2.75, 3.05) is 11.5 Å². The summed E-state index contributed by atoms with van der Waals surface area (Å²) in [4.78, 5) is 22.6. The summed E-state index contributed by atoms with van der Waals surface area (Å²) in [6.07, 6.45) is -0.796. The Kier molecular flexibility index (Phi) is 4.56. The number of aliphatic carboxylic acids is 1. The molecule has 1 aliphatic rings. The molecule has 2 N–H and O–H groups in total. The van der Waals surface area contributed by atoms with Crippen LogP contribution in [0, 0.1) is 6.92 Å². The fourth-order valence-electron chi connectivity index (χ4n) is 2.52. The number of anilines is 1. The zero-order valence-corrected chi connectivity index (χ0v) is 14.5. The summed E-state index contributed by atoms with van der Waals surface area (Å²) in [5, 5.41) is 8.79. The second kappa shape index (κ2) is 6.68. The van der Waals surface area contributed by atoms with Crippen molar-refractivity contribution in [1.29, 1.82) is 0 Å². The lowest BCUT2D eigenvalue weighted by Crippen LogP contribution is -2.18. The van der Waals surface area contributed by atoms with E-state index in [4.69, 9.17) is 14.6 Å². The van der Waals surface area contributed by atoms with Crippen molar-refractivity contribution in [2.45, 2.75) is 18.2 Å². The molecular formula is C17H15NO7S. The summed E-state index contributed by atoms with van der Waals surface area (Å²) in [7, 11) is -4.12. The number of fused-ring (bicyclic) bond motifs is 1. The first-order valence-corrected chi connectivity index (χ1v) is 9.03. The third kappa shape index (κ3) is 3.47. The molecule has 1 heterocycles. The van der Waals surface area contributed by atoms with Gasteiger partial charge in [0.15, 0.2) is 17.3 Å². The molecule has 9 heteroatoms. The van der Waals surface area contributed by atoms with Crippen LogP contribution in [0.1, 0.15) is 22.3 Å². The van der Waals surface area contributed by atoms with Gasteiger partial charge in [-0.05, 0) is 24.6 Å². The smallest absolute Gasteiger partial charge is 0.311 e. The topological polar surface area (TPSA) is 119 Å². The zero-order valence-electron chi connectivity index (χ0n) is 13.7. The summed E-state index contributed by atoms with van der Waals surface area (Å²) in [5.74, 6) is -1.20. The molecule has 8 nitrogen and oxygen atoms in total. The Balaban J connectivity index is 1.97. The Labute approximate surface area is 149 Å². The summed E-state index contributed by atoms with van der Waals surface area (Å²) in [6.45, 7) is 1.75. The zero-order chi connectivity index (χ0) is 18.9. The number of Topliss-reactive ketones (excluding diaryl/α,β-unsaturated/α-hetero) is 1. The predicted molar refractivity (Wildman–Crippen MR) is 91.1 cm³/mol. The van der Waals surface area contributed by atoms with E-state index in [1.54, 1.807) is 13.0 Å². The fraction of sp³-hybridized carbons (Fsp3) is 0.176. The number of nitrogens with one attached hydrogen (secondary N) is 1. The summed E-state index contributed by atoms with van der Waals surface area (Å²) in [5.41, 5.74) is 0.697. The summed E-state index contributed by atoms with van der Waals surface area (Å²) < 4.78 is 38.5. The molecule has 2 aromatic carbocycles. The molecular weight excluding hydrogens is 362 g/mol. The molecule has 0 bridgehead atoms. The number of benzene rings is 2. The van der Waals surface area contributed by atoms with Gasteiger partial charge in [0, 0.05) is 11.6 Å². The van der Waals surface area contributed by atoms with Gasteiger partial charge in [0.25, 0.3) is 10.0 Å². The van der Waals surface area contributed by atoms with E-state index in [0.29, 0.717) is 17.1 Å². The minimum absolute atomic E-state index is 0.0531. The first kappa shape index (κ1) is 17.7. The molecule has 3 rings (SSSR count). The van der Waals surface area contributed by atoms with Gasteiger partial charge in [-0.2, -0.15) is 0 Å². The average Bonchev–Trinajstić information content (AvgIpc) is 3.01. The fourth-order valence-corrected chi connectivity index (χ4v) is 3.87. The van der Waals surface area contributed by atoms with Crippen LogP contribution in [0.15, 0.2) is 41.3 Å². The minimum Gasteiger partial charge on any atom is -0.481 e. The molecule has 2 aromatic rings. The number of ether oxygens (including phenoxy) is 2. The maximum atomic E-state index is 12.8. The van der Waals surface area contributed by atoms with Crippen molar-refractivity contribution in [2.24, 2.45) is 0 Å². The molecule has 0 unspecified atom stereocenters. The lowest BCUT2D eigenvalue weighted by molar-refractivity contribution is -0.135. The van der Waals surface area contributed by atoms with E-state index in [-0.39, 0.29) is 22.9 Å². The van der Waals surface area contributed by atoms with Crippen LogP contribution in [0.5, 0.6) is 11.5 Å². The van der Waals surface area contributed by atoms with Crippen molar-refractivity contribution >= 4 is 27.5 Å². The van der Waals surface area contributed by atoms with Gasteiger partial charge in [-0.15, -0.1) is 0 Å². The molecule has 0 spiro atoms. The van der Waals surface area contributed by atoms with Crippen LogP contribution in [0.25, 0.3) is 0 Å². The van der Waals surface area contributed by atoms with E-state index in [1.165, 1.54) is 30.3 Å². The quantitative estimate of drug-likeness (QED) is 0.585. The number of aryl methyl sites for hydroxylation is 1. The molecule has 136 valence electrons. The Morgan fingerprint density at radius 2 is 1.81 bits per heavy atom. The van der Waals surface area contributed by atoms with E-state index in [2.05, 4.69) is 4.72 Å². The van der Waals surface area contributed by atoms with Gasteiger partial charge in [0.1, 0.15) is 6.42 Å². The van der Waals surface area contributed by atoms with E-state index in [9.17, 15) is 18.0 Å². The Hall–Kier alpha value is -3.07. The van der Waals surface area contributed by atoms with Crippen LogP contribution in [0.3, 0.4) is 0 Å². The van der Waals surface area contributed by atoms with Gasteiger partial charge in [-0.25, -0.2) is 8.42 Å². The number of carbonyl (C=O) groups excluding carboxylic acids is 1. The normalized spacial score (nSPS) is 12.7. The summed E-state index contributed by atoms with van der Waals surface area (Å²) >= 11 is 0. The molecule has 0 saturated carbocycles. The van der Waals surface area contributed by atoms with E-state index in [0.717, 1.165) is 0 Å². The number of carboxylic acids is 1. The van der Waals surface area contributed by atoms with E-state index in [1.807, 2.05) is 0 Å². The SMILES string of the molecule is Cc1cc2c(cc1NS(=O)(=O)c1ccccc1C(=O)CC(=O)O)OCO2. The lowest BCUT2D eigenvalue weighted by Gasteiger charge is -2.13. The molecule has 0 amide bonds. The third-order valence-corrected chi connectivity index (χ3v) is 5.18. The third-order valence-electron chi connectivity index (χ3n) is 3.75. The molecule has 0 fully saturated rings. The highest BCUT2D eigenvalue weighted by Crippen LogP contribution is 2.37. The highest BCUT2D eigenvalue weighted by molar-refractivity contribution is 7.92. The Morgan fingerprint density at radius 1 is 1.15 bits per heavy atom. The minimum atomic E-state index is -4.12. The second-order valence-corrected chi connectivity index (χ2v) is 7.27. The molecule has 26 heavy (non-hydrogen) atoms. The van der Waals surface area contributed by atoms with Crippen molar-refractivity contribution in [3.05, 3.63) is 47.5 Å². The first-order chi connectivity index (χ1) is 12.3. The Bertz CT molecular complexity index is 998. The first-order valence-electron chi connectivity index (χ1n) is 7.55. The lowest BCUT2D eigenvalue weighted by atomic mass is 10.1. The van der Waals surface area contributed by atoms with Crippen molar-refractivity contribution in [3.63, 3.8) is 0 Å². The molecule has 0 atom stereocenters. The van der Waals surface area contributed by atoms with Crippen LogP contribution >= 0.6 is 0 Å². The van der Waals surface area contributed by atoms with Crippen LogP contribution in [-0.2, 0) is 14.8 Å². The highest BCUT2D eigenvalue weighted by Gasteiger charge is 2.25. The predicted octanol–water partition coefficient (Wildman–Crippen LogP) is 2.18. The van der Waals surface area contributed by atoms with Crippen molar-refractivity contribution < 1.29 is 32.6 Å². The number of ketones is 1. The Morgan fingerprint density at radius 3 is 2.50 bits per heavy atom. The standard InChI is InChI=1S/C17H15NO7S/c1-10-6-14-15(25-9-24-14)7-12(10)18-26(22,23)16-5-3-2-4-11(16)13(19)8-17(20)21/h2-7,18H,8-9H2,1H3,(H,20,21). The molecule has 0 aliphatic carbocycles. The largest absolute Gasteiger partial charge is 0.481 e. The van der Waals surface area contributed by atoms with Crippen LogP contribution in [-0.4, -0.2) is 32.1 Å². The van der Waals surface area contributed by atoms with Crippen LogP contribution in [0.4, 0.5) is 5.69 Å². The monoisotopic (exact) mass is 377 g/mol. The van der Waals surface area contributed by atoms with Crippen molar-refractivity contribution in [3.8, 4) is 11.5 Å². The van der Waals surface area contributed by atoms with Crippen LogP contribution < -0.4 is 14.2 Å². The van der Waals surface area contributed by atoms with Gasteiger partial charge in [-0.3, -0.25) is 14.3 Å². The molecule has 1 aliphatic heterocycles. The van der Waals surface area contributed by atoms with Gasteiger partial charge >= 0.3 is 5.97 Å². The van der Waals surface area contributed by atoms with E-state index < -0.39 is 28.2 Å². The van der Waals surface area contributed by atoms with E-state index >= 15 is 0 Å². The molecule has 0 radical (unpaired) electrons.